The summed E-state index contributed by atoms with van der Waals surface area (Å²) >= 11 is 0. The normalized spacial score (nSPS) is 11.6. The third-order valence-electron chi connectivity index (χ3n) is 2.93. The number of aryl methyl sites for hydroxylation is 1. The zero-order chi connectivity index (χ0) is 14.6. The van der Waals surface area contributed by atoms with Crippen LogP contribution in [0.15, 0.2) is 29.0 Å². The smallest absolute Gasteiger partial charge is 0.247 e. The number of nitrogens with zero attached hydrogens (tertiary/aromatic N) is 2. The highest BCUT2D eigenvalue weighted by Gasteiger charge is 2.08. The molecule has 2 aromatic rings. The van der Waals surface area contributed by atoms with Crippen LogP contribution < -0.4 is 10.6 Å². The molecule has 2 N–H and O–H groups in total. The van der Waals surface area contributed by atoms with Gasteiger partial charge in [0.2, 0.25) is 12.3 Å². The molecule has 0 spiro atoms. The molecule has 0 atom stereocenters. The van der Waals surface area contributed by atoms with Crippen LogP contribution in [0.25, 0.3) is 11.5 Å². The molecule has 5 nitrogen and oxygen atoms in total. The Labute approximate surface area is 119 Å². The van der Waals surface area contributed by atoms with Crippen molar-refractivity contribution in [3.63, 3.8) is 0 Å². The molecule has 0 fully saturated rings. The first-order valence-electron chi connectivity index (χ1n) is 6.82. The highest BCUT2D eigenvalue weighted by molar-refractivity contribution is 5.62. The van der Waals surface area contributed by atoms with E-state index in [0.29, 0.717) is 5.89 Å². The minimum Gasteiger partial charge on any atom is -0.423 e. The van der Waals surface area contributed by atoms with E-state index in [4.69, 9.17) is 4.42 Å². The minimum absolute atomic E-state index is 0.151. The second kappa shape index (κ2) is 6.05. The van der Waals surface area contributed by atoms with Crippen LogP contribution in [0.4, 0.5) is 5.69 Å². The average molecular weight is 274 g/mol. The Bertz CT molecular complexity index is 543. The molecule has 0 saturated heterocycles. The highest BCUT2D eigenvalue weighted by Crippen LogP contribution is 2.22. The number of benzene rings is 1. The molecule has 0 bridgehead atoms. The molecule has 0 aliphatic rings. The van der Waals surface area contributed by atoms with Gasteiger partial charge in [0.25, 0.3) is 0 Å². The minimum atomic E-state index is 0.151. The quantitative estimate of drug-likeness (QED) is 0.821. The van der Waals surface area contributed by atoms with Gasteiger partial charge in [0.15, 0.2) is 0 Å². The molecule has 0 aliphatic heterocycles. The maximum absolute atomic E-state index is 5.20. The zero-order valence-electron chi connectivity index (χ0n) is 12.5. The van der Waals surface area contributed by atoms with Crippen molar-refractivity contribution in [3.05, 3.63) is 30.2 Å². The first-order valence-corrected chi connectivity index (χ1v) is 6.82. The summed E-state index contributed by atoms with van der Waals surface area (Å²) in [5, 5.41) is 14.5. The molecule has 0 amide bonds. The molecule has 20 heavy (non-hydrogen) atoms. The second-order valence-corrected chi connectivity index (χ2v) is 5.88. The Hall–Kier alpha value is -1.88. The fraction of sp³-hybridized carbons (Fsp3) is 0.467. The van der Waals surface area contributed by atoms with E-state index in [0.717, 1.165) is 29.9 Å². The van der Waals surface area contributed by atoms with E-state index >= 15 is 0 Å². The van der Waals surface area contributed by atoms with Crippen LogP contribution in [0, 0.1) is 6.92 Å². The van der Waals surface area contributed by atoms with Crippen molar-refractivity contribution >= 4 is 5.69 Å². The van der Waals surface area contributed by atoms with Crippen LogP contribution in [0.1, 0.15) is 26.3 Å². The van der Waals surface area contributed by atoms with Crippen LogP contribution in [0.5, 0.6) is 0 Å². The van der Waals surface area contributed by atoms with Crippen LogP contribution in [0.3, 0.4) is 0 Å². The highest BCUT2D eigenvalue weighted by atomic mass is 16.4. The van der Waals surface area contributed by atoms with Crippen molar-refractivity contribution in [1.29, 1.82) is 0 Å². The summed E-state index contributed by atoms with van der Waals surface area (Å²) in [5.41, 5.74) is 3.39. The topological polar surface area (TPSA) is 63.0 Å². The molecular formula is C15H22N4O. The summed E-state index contributed by atoms with van der Waals surface area (Å²) in [4.78, 5) is 0. The van der Waals surface area contributed by atoms with E-state index in [1.54, 1.807) is 0 Å². The lowest BCUT2D eigenvalue weighted by Crippen LogP contribution is -2.38. The maximum Gasteiger partial charge on any atom is 0.247 e. The van der Waals surface area contributed by atoms with Gasteiger partial charge in [-0.25, -0.2) is 0 Å². The summed E-state index contributed by atoms with van der Waals surface area (Å²) in [6.07, 6.45) is 1.34. The van der Waals surface area contributed by atoms with Gasteiger partial charge in [0.05, 0.1) is 0 Å². The average Bonchev–Trinajstić information content (AvgIpc) is 2.88. The van der Waals surface area contributed by atoms with Gasteiger partial charge in [-0.1, -0.05) is 0 Å². The van der Waals surface area contributed by atoms with Gasteiger partial charge in [0, 0.05) is 29.9 Å². The Morgan fingerprint density at radius 2 is 2.00 bits per heavy atom. The summed E-state index contributed by atoms with van der Waals surface area (Å²) in [5.74, 6) is 0.550. The maximum atomic E-state index is 5.20. The molecular weight excluding hydrogens is 252 g/mol. The van der Waals surface area contributed by atoms with Gasteiger partial charge < -0.3 is 15.1 Å². The van der Waals surface area contributed by atoms with Crippen molar-refractivity contribution in [2.75, 3.05) is 18.4 Å². The molecule has 1 aromatic heterocycles. The molecule has 0 saturated carbocycles. The predicted octanol–water partition coefficient (Wildman–Crippen LogP) is 2.85. The lowest BCUT2D eigenvalue weighted by atomic mass is 10.1. The van der Waals surface area contributed by atoms with Gasteiger partial charge in [-0.05, 0) is 51.5 Å². The van der Waals surface area contributed by atoms with Crippen LogP contribution in [-0.4, -0.2) is 28.8 Å². The fourth-order valence-corrected chi connectivity index (χ4v) is 1.93. The number of rotatable bonds is 5. The van der Waals surface area contributed by atoms with E-state index in [1.807, 2.05) is 18.2 Å². The van der Waals surface area contributed by atoms with E-state index < -0.39 is 0 Å². The van der Waals surface area contributed by atoms with E-state index in [2.05, 4.69) is 48.5 Å². The fourth-order valence-electron chi connectivity index (χ4n) is 1.93. The van der Waals surface area contributed by atoms with Crippen LogP contribution in [-0.2, 0) is 0 Å². The van der Waals surface area contributed by atoms with Gasteiger partial charge in [-0.3, -0.25) is 0 Å². The summed E-state index contributed by atoms with van der Waals surface area (Å²) < 4.78 is 5.20. The zero-order valence-corrected chi connectivity index (χ0v) is 12.5. The first kappa shape index (κ1) is 14.5. The number of hydrogen-bond donors (Lipinski definition) is 2. The predicted molar refractivity (Wildman–Crippen MR) is 80.7 cm³/mol. The lowest BCUT2D eigenvalue weighted by molar-refractivity contribution is 0.435. The SMILES string of the molecule is Cc1cc(-c2nnco2)ccc1NCCNC(C)(C)C. The lowest BCUT2D eigenvalue weighted by Gasteiger charge is -2.21. The first-order chi connectivity index (χ1) is 9.46. The Morgan fingerprint density at radius 1 is 1.20 bits per heavy atom. The van der Waals surface area contributed by atoms with Gasteiger partial charge in [-0.15, -0.1) is 10.2 Å². The van der Waals surface area contributed by atoms with Crippen molar-refractivity contribution in [3.8, 4) is 11.5 Å². The van der Waals surface area contributed by atoms with Crippen molar-refractivity contribution in [2.24, 2.45) is 0 Å². The molecule has 0 unspecified atom stereocenters. The number of anilines is 1. The second-order valence-electron chi connectivity index (χ2n) is 5.88. The molecule has 0 radical (unpaired) electrons. The van der Waals surface area contributed by atoms with Crippen LogP contribution >= 0.6 is 0 Å². The van der Waals surface area contributed by atoms with Crippen molar-refractivity contribution < 1.29 is 4.42 Å². The number of nitrogens with one attached hydrogen (secondary N) is 2. The number of aromatic nitrogens is 2. The van der Waals surface area contributed by atoms with Gasteiger partial charge in [-0.2, -0.15) is 0 Å². The van der Waals surface area contributed by atoms with Crippen molar-refractivity contribution in [1.82, 2.24) is 15.5 Å². The Balaban J connectivity index is 1.93. The summed E-state index contributed by atoms with van der Waals surface area (Å²) in [6.45, 7) is 10.4. The molecule has 0 aliphatic carbocycles. The monoisotopic (exact) mass is 274 g/mol. The summed E-state index contributed by atoms with van der Waals surface area (Å²) in [7, 11) is 0. The Kier molecular flexibility index (Phi) is 4.39. The van der Waals surface area contributed by atoms with Gasteiger partial charge >= 0.3 is 0 Å². The van der Waals surface area contributed by atoms with E-state index in [1.165, 1.54) is 6.39 Å². The standard InChI is InChI=1S/C15H22N4O/c1-11-9-12(14-19-18-10-20-14)5-6-13(11)16-7-8-17-15(2,3)4/h5-6,9-10,16-17H,7-8H2,1-4H3. The number of hydrogen-bond acceptors (Lipinski definition) is 5. The molecule has 1 aromatic carbocycles. The third kappa shape index (κ3) is 4.06. The summed E-state index contributed by atoms with van der Waals surface area (Å²) in [6, 6.07) is 6.08. The molecule has 1 heterocycles. The molecule has 108 valence electrons. The van der Waals surface area contributed by atoms with Gasteiger partial charge in [0.1, 0.15) is 0 Å². The molecule has 5 heteroatoms. The molecule has 2 rings (SSSR count). The largest absolute Gasteiger partial charge is 0.423 e. The Morgan fingerprint density at radius 3 is 2.60 bits per heavy atom. The third-order valence-corrected chi connectivity index (χ3v) is 2.93. The van der Waals surface area contributed by atoms with E-state index in [9.17, 15) is 0 Å². The van der Waals surface area contributed by atoms with E-state index in [-0.39, 0.29) is 5.54 Å². The van der Waals surface area contributed by atoms with Crippen LogP contribution in [0.2, 0.25) is 0 Å². The van der Waals surface area contributed by atoms with Crippen molar-refractivity contribution in [2.45, 2.75) is 33.2 Å².